The van der Waals surface area contributed by atoms with Gasteiger partial charge >= 0.3 is 0 Å². The lowest BCUT2D eigenvalue weighted by molar-refractivity contribution is 0.312. The zero-order chi connectivity index (χ0) is 11.8. The van der Waals surface area contributed by atoms with Crippen LogP contribution >= 0.6 is 12.2 Å². The van der Waals surface area contributed by atoms with Crippen LogP contribution in [0.4, 0.5) is 0 Å². The summed E-state index contributed by atoms with van der Waals surface area (Å²) in [6.07, 6.45) is 6.16. The smallest absolute Gasteiger partial charge is 0.195 e. The van der Waals surface area contributed by atoms with E-state index >= 15 is 0 Å². The Balaban J connectivity index is 1.79. The summed E-state index contributed by atoms with van der Waals surface area (Å²) in [5.41, 5.74) is 0. The minimum absolute atomic E-state index is 0.545. The third-order valence-electron chi connectivity index (χ3n) is 3.87. The topological polar surface area (TPSA) is 36.9 Å². The molecule has 17 heavy (non-hydrogen) atoms. The van der Waals surface area contributed by atoms with Crippen LogP contribution in [0.25, 0.3) is 0 Å². The molecule has 2 aliphatic rings. The van der Waals surface area contributed by atoms with E-state index in [4.69, 9.17) is 12.2 Å². The van der Waals surface area contributed by atoms with Crippen LogP contribution in [0.3, 0.4) is 0 Å². The Kier molecular flexibility index (Phi) is 3.04. The highest BCUT2D eigenvalue weighted by atomic mass is 32.1. The van der Waals surface area contributed by atoms with Crippen molar-refractivity contribution in [3.05, 3.63) is 10.6 Å². The van der Waals surface area contributed by atoms with Crippen molar-refractivity contribution in [3.8, 4) is 0 Å². The molecule has 2 heterocycles. The Hall–Kier alpha value is -0.680. The van der Waals surface area contributed by atoms with Gasteiger partial charge in [-0.15, -0.1) is 0 Å². The highest BCUT2D eigenvalue weighted by Gasteiger charge is 2.35. The molecule has 1 aliphatic heterocycles. The summed E-state index contributed by atoms with van der Waals surface area (Å²) in [7, 11) is 0. The molecule has 0 spiro atoms. The van der Waals surface area contributed by atoms with Gasteiger partial charge in [0.15, 0.2) is 4.77 Å². The largest absolute Gasteiger partial charge is 0.300 e. The number of likely N-dealkylation sites (tertiary alicyclic amines) is 1. The standard InChI is InChI=1S/C12H20N4S/c1-2-3-11-13-14-12(17)16(11)10-6-7-15(8-10)9-4-5-9/h9-10H,2-8H2,1H3,(H,14,17). The molecule has 0 aromatic carbocycles. The van der Waals surface area contributed by atoms with E-state index in [9.17, 15) is 0 Å². The molecule has 0 bridgehead atoms. The molecule has 3 rings (SSSR count). The molecule has 1 saturated carbocycles. The highest BCUT2D eigenvalue weighted by Crippen LogP contribution is 2.33. The predicted octanol–water partition coefficient (Wildman–Crippen LogP) is 2.30. The summed E-state index contributed by atoms with van der Waals surface area (Å²) in [6.45, 7) is 4.58. The van der Waals surface area contributed by atoms with Gasteiger partial charge in [-0.3, -0.25) is 14.6 Å². The molecule has 0 amide bonds. The van der Waals surface area contributed by atoms with E-state index in [-0.39, 0.29) is 0 Å². The summed E-state index contributed by atoms with van der Waals surface area (Å²) in [6, 6.07) is 1.42. The molecule has 5 heteroatoms. The van der Waals surface area contributed by atoms with Crippen molar-refractivity contribution in [2.24, 2.45) is 0 Å². The predicted molar refractivity (Wildman–Crippen MR) is 69.7 cm³/mol. The second-order valence-electron chi connectivity index (χ2n) is 5.23. The summed E-state index contributed by atoms with van der Waals surface area (Å²) in [5, 5.41) is 7.32. The van der Waals surface area contributed by atoms with Gasteiger partial charge in [-0.1, -0.05) is 6.92 Å². The van der Waals surface area contributed by atoms with E-state index in [1.165, 1.54) is 25.8 Å². The summed E-state index contributed by atoms with van der Waals surface area (Å²) in [5.74, 6) is 1.14. The maximum atomic E-state index is 5.37. The quantitative estimate of drug-likeness (QED) is 0.835. The van der Waals surface area contributed by atoms with Crippen LogP contribution in [-0.4, -0.2) is 38.8 Å². The van der Waals surface area contributed by atoms with Gasteiger partial charge in [-0.25, -0.2) is 0 Å². The van der Waals surface area contributed by atoms with Crippen LogP contribution in [0, 0.1) is 4.77 Å². The molecule has 1 saturated heterocycles. The van der Waals surface area contributed by atoms with E-state index < -0.39 is 0 Å². The van der Waals surface area contributed by atoms with E-state index in [0.717, 1.165) is 36.0 Å². The van der Waals surface area contributed by atoms with E-state index in [1.54, 1.807) is 0 Å². The maximum absolute atomic E-state index is 5.37. The minimum Gasteiger partial charge on any atom is -0.300 e. The number of aromatic nitrogens is 3. The number of hydrogen-bond donors (Lipinski definition) is 1. The number of aromatic amines is 1. The molecule has 1 aliphatic carbocycles. The zero-order valence-corrected chi connectivity index (χ0v) is 11.2. The van der Waals surface area contributed by atoms with Crippen molar-refractivity contribution in [2.75, 3.05) is 13.1 Å². The third kappa shape index (κ3) is 2.18. The fraction of sp³-hybridized carbons (Fsp3) is 0.833. The van der Waals surface area contributed by atoms with Gasteiger partial charge < -0.3 is 0 Å². The van der Waals surface area contributed by atoms with Crippen LogP contribution in [0.5, 0.6) is 0 Å². The number of nitrogens with one attached hydrogen (secondary N) is 1. The maximum Gasteiger partial charge on any atom is 0.195 e. The van der Waals surface area contributed by atoms with Crippen molar-refractivity contribution >= 4 is 12.2 Å². The average Bonchev–Trinajstić information content (AvgIpc) is 2.95. The molecular weight excluding hydrogens is 232 g/mol. The number of nitrogens with zero attached hydrogens (tertiary/aromatic N) is 3. The average molecular weight is 252 g/mol. The Morgan fingerprint density at radius 2 is 2.18 bits per heavy atom. The van der Waals surface area contributed by atoms with Crippen molar-refractivity contribution < 1.29 is 0 Å². The molecule has 1 aromatic heterocycles. The van der Waals surface area contributed by atoms with Gasteiger partial charge in [-0.05, 0) is 37.9 Å². The lowest BCUT2D eigenvalue weighted by Crippen LogP contribution is -2.24. The van der Waals surface area contributed by atoms with E-state index in [0.29, 0.717) is 6.04 Å². The van der Waals surface area contributed by atoms with E-state index in [1.807, 2.05) is 0 Å². The van der Waals surface area contributed by atoms with Crippen molar-refractivity contribution in [2.45, 2.75) is 51.1 Å². The van der Waals surface area contributed by atoms with Crippen molar-refractivity contribution in [1.29, 1.82) is 0 Å². The Morgan fingerprint density at radius 3 is 2.88 bits per heavy atom. The first-order chi connectivity index (χ1) is 8.29. The highest BCUT2D eigenvalue weighted by molar-refractivity contribution is 7.71. The Morgan fingerprint density at radius 1 is 1.35 bits per heavy atom. The van der Waals surface area contributed by atoms with Crippen molar-refractivity contribution in [3.63, 3.8) is 0 Å². The van der Waals surface area contributed by atoms with Gasteiger partial charge in [-0.2, -0.15) is 5.10 Å². The molecule has 4 nitrogen and oxygen atoms in total. The van der Waals surface area contributed by atoms with Crippen molar-refractivity contribution in [1.82, 2.24) is 19.7 Å². The molecule has 1 atom stereocenters. The Labute approximate surface area is 107 Å². The molecule has 1 N–H and O–H groups in total. The summed E-state index contributed by atoms with van der Waals surface area (Å²) in [4.78, 5) is 2.62. The molecule has 94 valence electrons. The summed E-state index contributed by atoms with van der Waals surface area (Å²) >= 11 is 5.37. The summed E-state index contributed by atoms with van der Waals surface area (Å²) < 4.78 is 3.07. The van der Waals surface area contributed by atoms with Gasteiger partial charge in [0.1, 0.15) is 5.82 Å². The van der Waals surface area contributed by atoms with Gasteiger partial charge in [0, 0.05) is 25.6 Å². The van der Waals surface area contributed by atoms with Gasteiger partial charge in [0.05, 0.1) is 6.04 Å². The lowest BCUT2D eigenvalue weighted by atomic mass is 10.2. The molecular formula is C12H20N4S. The van der Waals surface area contributed by atoms with E-state index in [2.05, 4.69) is 26.6 Å². The van der Waals surface area contributed by atoms with Crippen LogP contribution in [0.15, 0.2) is 0 Å². The second-order valence-corrected chi connectivity index (χ2v) is 5.62. The van der Waals surface area contributed by atoms with Crippen LogP contribution in [0.2, 0.25) is 0 Å². The number of aryl methyl sites for hydroxylation is 1. The van der Waals surface area contributed by atoms with Crippen LogP contribution < -0.4 is 0 Å². The fourth-order valence-electron chi connectivity index (χ4n) is 2.86. The SMILES string of the molecule is CCCc1n[nH]c(=S)n1C1CCN(C2CC2)C1. The minimum atomic E-state index is 0.545. The van der Waals surface area contributed by atoms with Crippen LogP contribution in [-0.2, 0) is 6.42 Å². The number of hydrogen-bond acceptors (Lipinski definition) is 3. The normalized spacial score (nSPS) is 25.6. The molecule has 0 radical (unpaired) electrons. The fourth-order valence-corrected chi connectivity index (χ4v) is 3.16. The zero-order valence-electron chi connectivity index (χ0n) is 10.4. The number of H-pyrrole nitrogens is 1. The first kappa shape index (κ1) is 11.4. The number of rotatable bonds is 4. The third-order valence-corrected chi connectivity index (χ3v) is 4.16. The second kappa shape index (κ2) is 4.53. The Bertz CT molecular complexity index is 446. The first-order valence-corrected chi connectivity index (χ1v) is 7.10. The lowest BCUT2D eigenvalue weighted by Gasteiger charge is -2.16. The van der Waals surface area contributed by atoms with Crippen LogP contribution in [0.1, 0.15) is 44.5 Å². The van der Waals surface area contributed by atoms with Gasteiger partial charge in [0.2, 0.25) is 0 Å². The van der Waals surface area contributed by atoms with Gasteiger partial charge in [0.25, 0.3) is 0 Å². The molecule has 2 fully saturated rings. The monoisotopic (exact) mass is 252 g/mol. The first-order valence-electron chi connectivity index (χ1n) is 6.69. The molecule has 1 unspecified atom stereocenters. The molecule has 1 aromatic rings.